The Balaban J connectivity index is 2.16. The molecule has 2 rings (SSSR count). The molecule has 2 nitrogen and oxygen atoms in total. The molecule has 1 aliphatic carbocycles. The zero-order chi connectivity index (χ0) is 14.8. The Bertz CT molecular complexity index is 485. The van der Waals surface area contributed by atoms with Crippen molar-refractivity contribution in [3.05, 3.63) is 35.4 Å². The lowest BCUT2D eigenvalue weighted by Gasteiger charge is -2.27. The zero-order valence-electron chi connectivity index (χ0n) is 12.8. The SMILES string of the molecule is CC(C)Cc1ccc(C(O)C2(C#N)CCC(C)C2)cc1. The van der Waals surface area contributed by atoms with E-state index in [1.807, 2.05) is 12.1 Å². The third kappa shape index (κ3) is 3.04. The predicted molar refractivity (Wildman–Crippen MR) is 81.0 cm³/mol. The molecule has 1 aliphatic rings. The fraction of sp³-hybridized carbons (Fsp3) is 0.611. The van der Waals surface area contributed by atoms with Gasteiger partial charge in [-0.15, -0.1) is 0 Å². The zero-order valence-corrected chi connectivity index (χ0v) is 12.8. The maximum atomic E-state index is 10.6. The first-order valence-electron chi connectivity index (χ1n) is 7.65. The fourth-order valence-electron chi connectivity index (χ4n) is 3.37. The molecule has 1 aromatic rings. The van der Waals surface area contributed by atoms with Gasteiger partial charge in [0.05, 0.1) is 17.6 Å². The quantitative estimate of drug-likeness (QED) is 0.889. The van der Waals surface area contributed by atoms with Crippen molar-refractivity contribution in [1.29, 1.82) is 5.26 Å². The molecule has 0 heterocycles. The van der Waals surface area contributed by atoms with E-state index in [0.29, 0.717) is 11.8 Å². The van der Waals surface area contributed by atoms with Crippen molar-refractivity contribution in [2.24, 2.45) is 17.3 Å². The van der Waals surface area contributed by atoms with E-state index in [-0.39, 0.29) is 0 Å². The standard InChI is InChI=1S/C18H25NO/c1-13(2)10-15-4-6-16(7-5-15)17(20)18(12-19)9-8-14(3)11-18/h4-7,13-14,17,20H,8-11H2,1-3H3. The molecule has 0 aliphatic heterocycles. The number of benzene rings is 1. The summed E-state index contributed by atoms with van der Waals surface area (Å²) in [6.45, 7) is 6.57. The van der Waals surface area contributed by atoms with Crippen molar-refractivity contribution in [3.63, 3.8) is 0 Å². The molecule has 0 saturated heterocycles. The van der Waals surface area contributed by atoms with Crippen LogP contribution in [0.4, 0.5) is 0 Å². The lowest BCUT2D eigenvalue weighted by Crippen LogP contribution is -2.24. The lowest BCUT2D eigenvalue weighted by atomic mass is 9.78. The van der Waals surface area contributed by atoms with E-state index in [4.69, 9.17) is 0 Å². The lowest BCUT2D eigenvalue weighted by molar-refractivity contribution is 0.0647. The van der Waals surface area contributed by atoms with E-state index >= 15 is 0 Å². The Hall–Kier alpha value is -1.33. The second kappa shape index (κ2) is 5.97. The first-order valence-corrected chi connectivity index (χ1v) is 7.65. The molecule has 0 spiro atoms. The van der Waals surface area contributed by atoms with Gasteiger partial charge in [0, 0.05) is 0 Å². The number of hydrogen-bond acceptors (Lipinski definition) is 2. The van der Waals surface area contributed by atoms with E-state index in [0.717, 1.165) is 31.2 Å². The third-order valence-corrected chi connectivity index (χ3v) is 4.48. The van der Waals surface area contributed by atoms with Gasteiger partial charge in [-0.05, 0) is 48.6 Å². The van der Waals surface area contributed by atoms with Gasteiger partial charge < -0.3 is 5.11 Å². The Kier molecular flexibility index (Phi) is 4.50. The average molecular weight is 271 g/mol. The van der Waals surface area contributed by atoms with E-state index < -0.39 is 11.5 Å². The molecule has 3 unspecified atom stereocenters. The second-order valence-corrected chi connectivity index (χ2v) is 6.86. The van der Waals surface area contributed by atoms with Gasteiger partial charge in [-0.1, -0.05) is 45.0 Å². The molecule has 2 heteroatoms. The van der Waals surface area contributed by atoms with Gasteiger partial charge in [0.15, 0.2) is 0 Å². The van der Waals surface area contributed by atoms with Gasteiger partial charge in [0.2, 0.25) is 0 Å². The van der Waals surface area contributed by atoms with Crippen molar-refractivity contribution in [2.45, 2.75) is 52.6 Å². The Morgan fingerprint density at radius 3 is 2.45 bits per heavy atom. The summed E-state index contributed by atoms with van der Waals surface area (Å²) in [5.74, 6) is 1.16. The Labute approximate surface area is 122 Å². The number of nitriles is 1. The molecule has 0 bridgehead atoms. The summed E-state index contributed by atoms with van der Waals surface area (Å²) in [5, 5.41) is 20.2. The molecular formula is C18H25NO. The van der Waals surface area contributed by atoms with Crippen LogP contribution in [0, 0.1) is 28.6 Å². The third-order valence-electron chi connectivity index (χ3n) is 4.48. The molecule has 1 N–H and O–H groups in total. The van der Waals surface area contributed by atoms with Crippen LogP contribution in [0.2, 0.25) is 0 Å². The molecule has 1 fully saturated rings. The summed E-state index contributed by atoms with van der Waals surface area (Å²) in [6, 6.07) is 10.6. The topological polar surface area (TPSA) is 44.0 Å². The summed E-state index contributed by atoms with van der Waals surface area (Å²) in [6.07, 6.45) is 3.04. The van der Waals surface area contributed by atoms with Crippen LogP contribution in [-0.2, 0) is 6.42 Å². The smallest absolute Gasteiger partial charge is 0.0976 e. The Morgan fingerprint density at radius 2 is 2.00 bits per heavy atom. The molecule has 108 valence electrons. The van der Waals surface area contributed by atoms with E-state index in [1.54, 1.807) is 0 Å². The van der Waals surface area contributed by atoms with Crippen LogP contribution in [0.1, 0.15) is 57.3 Å². The summed E-state index contributed by atoms with van der Waals surface area (Å²) < 4.78 is 0. The normalized spacial score (nSPS) is 27.5. The highest BCUT2D eigenvalue weighted by atomic mass is 16.3. The summed E-state index contributed by atoms with van der Waals surface area (Å²) in [4.78, 5) is 0. The van der Waals surface area contributed by atoms with Gasteiger partial charge in [0.25, 0.3) is 0 Å². The summed E-state index contributed by atoms with van der Waals surface area (Å²) in [7, 11) is 0. The van der Waals surface area contributed by atoms with Crippen molar-refractivity contribution in [3.8, 4) is 6.07 Å². The van der Waals surface area contributed by atoms with Crippen LogP contribution in [0.3, 0.4) is 0 Å². The highest BCUT2D eigenvalue weighted by Crippen LogP contribution is 2.49. The molecule has 3 atom stereocenters. The molecular weight excluding hydrogens is 246 g/mol. The minimum Gasteiger partial charge on any atom is -0.387 e. The second-order valence-electron chi connectivity index (χ2n) is 6.86. The molecule has 0 amide bonds. The minimum atomic E-state index is -0.662. The first-order chi connectivity index (χ1) is 9.47. The summed E-state index contributed by atoms with van der Waals surface area (Å²) in [5.41, 5.74) is 1.59. The van der Waals surface area contributed by atoms with Gasteiger partial charge in [-0.3, -0.25) is 0 Å². The Morgan fingerprint density at radius 1 is 1.35 bits per heavy atom. The number of nitrogens with zero attached hydrogens (tertiary/aromatic N) is 1. The molecule has 20 heavy (non-hydrogen) atoms. The molecule has 0 radical (unpaired) electrons. The van der Waals surface area contributed by atoms with Crippen molar-refractivity contribution in [1.82, 2.24) is 0 Å². The van der Waals surface area contributed by atoms with Crippen molar-refractivity contribution in [2.75, 3.05) is 0 Å². The van der Waals surface area contributed by atoms with Crippen LogP contribution in [-0.4, -0.2) is 5.11 Å². The average Bonchev–Trinajstić information content (AvgIpc) is 2.81. The van der Waals surface area contributed by atoms with E-state index in [9.17, 15) is 10.4 Å². The van der Waals surface area contributed by atoms with Crippen LogP contribution < -0.4 is 0 Å². The first kappa shape index (κ1) is 15.1. The maximum Gasteiger partial charge on any atom is 0.0976 e. The summed E-state index contributed by atoms with van der Waals surface area (Å²) >= 11 is 0. The van der Waals surface area contributed by atoms with E-state index in [1.165, 1.54) is 5.56 Å². The van der Waals surface area contributed by atoms with Crippen molar-refractivity contribution >= 4 is 0 Å². The van der Waals surface area contributed by atoms with Crippen LogP contribution in [0.25, 0.3) is 0 Å². The number of aliphatic hydroxyl groups is 1. The predicted octanol–water partition coefficient (Wildman–Crippen LogP) is 4.25. The molecule has 1 aromatic carbocycles. The number of rotatable bonds is 4. The van der Waals surface area contributed by atoms with Gasteiger partial charge in [0.1, 0.15) is 0 Å². The van der Waals surface area contributed by atoms with Gasteiger partial charge in [-0.2, -0.15) is 5.26 Å². The van der Waals surface area contributed by atoms with E-state index in [2.05, 4.69) is 39.0 Å². The maximum absolute atomic E-state index is 10.6. The van der Waals surface area contributed by atoms with Crippen molar-refractivity contribution < 1.29 is 5.11 Å². The number of hydrogen-bond donors (Lipinski definition) is 1. The van der Waals surface area contributed by atoms with Crippen LogP contribution in [0.5, 0.6) is 0 Å². The fourth-order valence-corrected chi connectivity index (χ4v) is 3.37. The highest BCUT2D eigenvalue weighted by molar-refractivity contribution is 5.28. The van der Waals surface area contributed by atoms with Crippen LogP contribution in [0.15, 0.2) is 24.3 Å². The molecule has 0 aromatic heterocycles. The monoisotopic (exact) mass is 271 g/mol. The number of aliphatic hydroxyl groups excluding tert-OH is 1. The van der Waals surface area contributed by atoms with Gasteiger partial charge >= 0.3 is 0 Å². The largest absolute Gasteiger partial charge is 0.387 e. The van der Waals surface area contributed by atoms with Crippen LogP contribution >= 0.6 is 0 Å². The molecule has 1 saturated carbocycles. The minimum absolute atomic E-state index is 0.532. The van der Waals surface area contributed by atoms with Gasteiger partial charge in [-0.25, -0.2) is 0 Å². The highest BCUT2D eigenvalue weighted by Gasteiger charge is 2.44.